The minimum absolute atomic E-state index is 0.150. The Kier molecular flexibility index (Phi) is 7.97. The highest BCUT2D eigenvalue weighted by Crippen LogP contribution is 2.12. The van der Waals surface area contributed by atoms with Gasteiger partial charge >= 0.3 is 0 Å². The molecule has 1 aliphatic heterocycles. The summed E-state index contributed by atoms with van der Waals surface area (Å²) >= 11 is 0. The zero-order valence-electron chi connectivity index (χ0n) is 14.6. The second kappa shape index (κ2) is 10.5. The number of nitrogens with zero attached hydrogens (tertiary/aromatic N) is 2. The molecule has 2 rings (SSSR count). The largest absolute Gasteiger partial charge is 0.379 e. The summed E-state index contributed by atoms with van der Waals surface area (Å²) in [6, 6.07) is 5.38. The quantitative estimate of drug-likeness (QED) is 0.376. The monoisotopic (exact) mass is 364 g/mol. The summed E-state index contributed by atoms with van der Waals surface area (Å²) in [5, 5.41) is 15.9. The molecule has 26 heavy (non-hydrogen) atoms. The van der Waals surface area contributed by atoms with Gasteiger partial charge in [-0.15, -0.1) is 0 Å². The molecule has 0 saturated carbocycles. The van der Waals surface area contributed by atoms with Crippen molar-refractivity contribution in [3.8, 4) is 0 Å². The zero-order chi connectivity index (χ0) is 18.8. The Balaban J connectivity index is 1.60. The summed E-state index contributed by atoms with van der Waals surface area (Å²) < 4.78 is 5.29. The number of carbonyl (C=O) groups is 2. The zero-order valence-corrected chi connectivity index (χ0v) is 14.6. The van der Waals surface area contributed by atoms with E-state index in [9.17, 15) is 19.7 Å². The predicted molar refractivity (Wildman–Crippen MR) is 94.9 cm³/mol. The molecular weight excluding hydrogens is 340 g/mol. The summed E-state index contributed by atoms with van der Waals surface area (Å²) in [5.74, 6) is -0.800. The molecule has 2 N–H and O–H groups in total. The number of unbranched alkanes of at least 4 members (excludes halogenated alkanes) is 1. The van der Waals surface area contributed by atoms with Crippen molar-refractivity contribution in [2.24, 2.45) is 0 Å². The van der Waals surface area contributed by atoms with Crippen LogP contribution in [-0.4, -0.2) is 67.6 Å². The third kappa shape index (κ3) is 6.77. The standard InChI is InChI=1S/C17H24N4O5/c22-16(18-6-1-2-7-20-8-10-26-11-9-20)13-19-17(23)14-4-3-5-15(12-14)21(24)25/h3-5,12H,1-2,6-11,13H2,(H,18,22)(H,19,23). The van der Waals surface area contributed by atoms with Gasteiger partial charge in [0.1, 0.15) is 0 Å². The number of nitro benzene ring substituents is 1. The third-order valence-corrected chi connectivity index (χ3v) is 4.06. The van der Waals surface area contributed by atoms with E-state index >= 15 is 0 Å². The van der Waals surface area contributed by atoms with Crippen LogP contribution < -0.4 is 10.6 Å². The number of nitro groups is 1. The van der Waals surface area contributed by atoms with Crippen molar-refractivity contribution in [1.29, 1.82) is 0 Å². The van der Waals surface area contributed by atoms with Crippen molar-refractivity contribution >= 4 is 17.5 Å². The van der Waals surface area contributed by atoms with E-state index in [2.05, 4.69) is 15.5 Å². The first-order valence-corrected chi connectivity index (χ1v) is 8.66. The number of morpholine rings is 1. The highest BCUT2D eigenvalue weighted by molar-refractivity contribution is 5.96. The van der Waals surface area contributed by atoms with Gasteiger partial charge in [0, 0.05) is 37.3 Å². The molecule has 2 amide bonds. The Morgan fingerprint density at radius 3 is 2.69 bits per heavy atom. The number of ether oxygens (including phenoxy) is 1. The number of non-ortho nitro benzene ring substituents is 1. The summed E-state index contributed by atoms with van der Waals surface area (Å²) in [7, 11) is 0. The smallest absolute Gasteiger partial charge is 0.270 e. The predicted octanol–water partition coefficient (Wildman–Crippen LogP) is 0.553. The van der Waals surface area contributed by atoms with Crippen LogP contribution in [-0.2, 0) is 9.53 Å². The lowest BCUT2D eigenvalue weighted by atomic mass is 10.2. The summed E-state index contributed by atoms with van der Waals surface area (Å²) in [5.41, 5.74) is -0.0140. The molecule has 1 aromatic carbocycles. The van der Waals surface area contributed by atoms with Gasteiger partial charge in [0.25, 0.3) is 11.6 Å². The highest BCUT2D eigenvalue weighted by Gasteiger charge is 2.12. The number of nitrogens with one attached hydrogen (secondary N) is 2. The lowest BCUT2D eigenvalue weighted by molar-refractivity contribution is -0.384. The topological polar surface area (TPSA) is 114 Å². The fraction of sp³-hybridized carbons (Fsp3) is 0.529. The number of benzene rings is 1. The maximum Gasteiger partial charge on any atom is 0.270 e. The van der Waals surface area contributed by atoms with Gasteiger partial charge in [-0.25, -0.2) is 0 Å². The molecule has 0 unspecified atom stereocenters. The SMILES string of the molecule is O=C(CNC(=O)c1cccc([N+](=O)[O-])c1)NCCCCN1CCOCC1. The first kappa shape index (κ1) is 19.8. The molecule has 9 heteroatoms. The van der Waals surface area contributed by atoms with Gasteiger partial charge in [0.15, 0.2) is 0 Å². The van der Waals surface area contributed by atoms with Gasteiger partial charge in [-0.05, 0) is 25.5 Å². The van der Waals surface area contributed by atoms with Gasteiger partial charge in [-0.3, -0.25) is 24.6 Å². The van der Waals surface area contributed by atoms with E-state index in [0.29, 0.717) is 6.54 Å². The fourth-order valence-corrected chi connectivity index (χ4v) is 2.60. The van der Waals surface area contributed by atoms with Crippen LogP contribution in [0.15, 0.2) is 24.3 Å². The Bertz CT molecular complexity index is 631. The summed E-state index contributed by atoms with van der Waals surface area (Å²) in [4.78, 5) is 36.2. The van der Waals surface area contributed by atoms with E-state index in [4.69, 9.17) is 4.74 Å². The van der Waals surface area contributed by atoms with E-state index in [1.807, 2.05) is 0 Å². The number of rotatable bonds is 9. The molecule has 1 saturated heterocycles. The number of hydrogen-bond acceptors (Lipinski definition) is 6. The minimum atomic E-state index is -0.569. The molecule has 0 spiro atoms. The van der Waals surface area contributed by atoms with E-state index in [1.54, 1.807) is 0 Å². The van der Waals surface area contributed by atoms with Gasteiger partial charge in [0.2, 0.25) is 5.91 Å². The maximum absolute atomic E-state index is 11.9. The van der Waals surface area contributed by atoms with Crippen molar-refractivity contribution in [3.63, 3.8) is 0 Å². The lowest BCUT2D eigenvalue weighted by Crippen LogP contribution is -2.38. The number of hydrogen-bond donors (Lipinski definition) is 2. The Morgan fingerprint density at radius 2 is 1.96 bits per heavy atom. The van der Waals surface area contributed by atoms with Crippen LogP contribution in [0.1, 0.15) is 23.2 Å². The minimum Gasteiger partial charge on any atom is -0.379 e. The van der Waals surface area contributed by atoms with Crippen LogP contribution >= 0.6 is 0 Å². The van der Waals surface area contributed by atoms with Gasteiger partial charge in [0.05, 0.1) is 24.7 Å². The second-order valence-corrected chi connectivity index (χ2v) is 6.00. The Morgan fingerprint density at radius 1 is 1.19 bits per heavy atom. The van der Waals surface area contributed by atoms with Gasteiger partial charge in [-0.2, -0.15) is 0 Å². The van der Waals surface area contributed by atoms with Crippen LogP contribution in [0.3, 0.4) is 0 Å². The highest BCUT2D eigenvalue weighted by atomic mass is 16.6. The number of amides is 2. The second-order valence-electron chi connectivity index (χ2n) is 6.00. The van der Waals surface area contributed by atoms with E-state index in [0.717, 1.165) is 45.7 Å². The molecule has 142 valence electrons. The van der Waals surface area contributed by atoms with Crippen LogP contribution in [0.25, 0.3) is 0 Å². The van der Waals surface area contributed by atoms with E-state index < -0.39 is 10.8 Å². The third-order valence-electron chi connectivity index (χ3n) is 4.06. The van der Waals surface area contributed by atoms with Crippen molar-refractivity contribution in [1.82, 2.24) is 15.5 Å². The number of carbonyl (C=O) groups excluding carboxylic acids is 2. The molecule has 1 heterocycles. The van der Waals surface area contributed by atoms with Crippen molar-refractivity contribution < 1.29 is 19.2 Å². The van der Waals surface area contributed by atoms with Crippen LogP contribution in [0, 0.1) is 10.1 Å². The van der Waals surface area contributed by atoms with E-state index in [-0.39, 0.29) is 23.7 Å². The van der Waals surface area contributed by atoms with E-state index in [1.165, 1.54) is 24.3 Å². The molecule has 0 radical (unpaired) electrons. The van der Waals surface area contributed by atoms with Crippen LogP contribution in [0.4, 0.5) is 5.69 Å². The summed E-state index contributed by atoms with van der Waals surface area (Å²) in [6.07, 6.45) is 1.85. The average molecular weight is 364 g/mol. The molecule has 0 atom stereocenters. The fourth-order valence-electron chi connectivity index (χ4n) is 2.60. The normalized spacial score (nSPS) is 14.6. The summed E-state index contributed by atoms with van der Waals surface area (Å²) in [6.45, 7) is 4.84. The Labute approximate surface area is 151 Å². The van der Waals surface area contributed by atoms with Crippen LogP contribution in [0.2, 0.25) is 0 Å². The van der Waals surface area contributed by atoms with Gasteiger partial charge < -0.3 is 15.4 Å². The molecule has 0 aliphatic carbocycles. The molecule has 1 aromatic rings. The van der Waals surface area contributed by atoms with Crippen molar-refractivity contribution in [2.45, 2.75) is 12.8 Å². The molecular formula is C17H24N4O5. The Hall–Kier alpha value is -2.52. The van der Waals surface area contributed by atoms with Crippen LogP contribution in [0.5, 0.6) is 0 Å². The molecule has 1 fully saturated rings. The van der Waals surface area contributed by atoms with Crippen molar-refractivity contribution in [3.05, 3.63) is 39.9 Å². The lowest BCUT2D eigenvalue weighted by Gasteiger charge is -2.26. The average Bonchev–Trinajstić information content (AvgIpc) is 2.66. The molecule has 0 aromatic heterocycles. The first-order chi connectivity index (χ1) is 12.6. The van der Waals surface area contributed by atoms with Crippen molar-refractivity contribution in [2.75, 3.05) is 45.9 Å². The molecule has 1 aliphatic rings. The molecule has 0 bridgehead atoms. The first-order valence-electron chi connectivity index (χ1n) is 8.66. The van der Waals surface area contributed by atoms with Gasteiger partial charge in [-0.1, -0.05) is 6.07 Å². The molecule has 9 nitrogen and oxygen atoms in total. The maximum atomic E-state index is 11.9.